The second kappa shape index (κ2) is 9.59. The molecule has 0 bridgehead atoms. The van der Waals surface area contributed by atoms with E-state index < -0.39 is 86.6 Å². The van der Waals surface area contributed by atoms with E-state index in [0.717, 1.165) is 13.8 Å². The highest BCUT2D eigenvalue weighted by atomic mass is 16.8. The second-order valence-electron chi connectivity index (χ2n) is 6.76. The van der Waals surface area contributed by atoms with Gasteiger partial charge in [-0.2, -0.15) is 0 Å². The zero-order valence-electron chi connectivity index (χ0n) is 15.8. The van der Waals surface area contributed by atoms with Gasteiger partial charge >= 0.3 is 11.9 Å². The van der Waals surface area contributed by atoms with Gasteiger partial charge in [0.25, 0.3) is 0 Å². The Morgan fingerprint density at radius 2 is 1.62 bits per heavy atom. The van der Waals surface area contributed by atoms with Gasteiger partial charge in [-0.05, 0) is 0 Å². The van der Waals surface area contributed by atoms with E-state index in [1.807, 2.05) is 0 Å². The van der Waals surface area contributed by atoms with Crippen LogP contribution in [-0.4, -0.2) is 117 Å². The molecule has 2 unspecified atom stereocenters. The van der Waals surface area contributed by atoms with E-state index in [1.54, 1.807) is 0 Å². The van der Waals surface area contributed by atoms with Gasteiger partial charge in [0.15, 0.2) is 12.4 Å². The predicted octanol–water partition coefficient (Wildman–Crippen LogP) is -4.25. The van der Waals surface area contributed by atoms with Gasteiger partial charge in [0.2, 0.25) is 5.79 Å². The summed E-state index contributed by atoms with van der Waals surface area (Å²) in [5.41, 5.74) is 0. The van der Waals surface area contributed by atoms with E-state index >= 15 is 0 Å². The summed E-state index contributed by atoms with van der Waals surface area (Å²) in [6, 6.07) is 0. The highest BCUT2D eigenvalue weighted by Crippen LogP contribution is 2.36. The van der Waals surface area contributed by atoms with E-state index in [9.17, 15) is 40.2 Å². The Morgan fingerprint density at radius 3 is 2.14 bits per heavy atom. The van der Waals surface area contributed by atoms with Crippen molar-refractivity contribution in [2.45, 2.75) is 68.7 Å². The lowest BCUT2D eigenvalue weighted by Gasteiger charge is -2.44. The fourth-order valence-corrected chi connectivity index (χ4v) is 3.13. The topological polar surface area (TPSA) is 202 Å². The number of ether oxygens (including phenoxy) is 5. The molecule has 0 aromatic carbocycles. The Hall–Kier alpha value is -1.42. The molecule has 168 valence electrons. The van der Waals surface area contributed by atoms with E-state index in [-0.39, 0.29) is 0 Å². The van der Waals surface area contributed by atoms with Gasteiger partial charge in [-0.15, -0.1) is 0 Å². The summed E-state index contributed by atoms with van der Waals surface area (Å²) in [5, 5.41) is 60.1. The fourth-order valence-electron chi connectivity index (χ4n) is 3.13. The first-order chi connectivity index (χ1) is 13.6. The first-order valence-electron chi connectivity index (χ1n) is 8.82. The molecule has 0 spiro atoms. The summed E-state index contributed by atoms with van der Waals surface area (Å²) in [4.78, 5) is 22.2. The van der Waals surface area contributed by atoms with E-state index in [4.69, 9.17) is 23.7 Å². The van der Waals surface area contributed by atoms with Crippen molar-refractivity contribution in [2.75, 3.05) is 19.8 Å². The molecule has 2 saturated heterocycles. The third-order valence-electron chi connectivity index (χ3n) is 4.62. The second-order valence-corrected chi connectivity index (χ2v) is 6.76. The molecule has 0 saturated carbocycles. The molecule has 2 aliphatic rings. The van der Waals surface area contributed by atoms with Crippen molar-refractivity contribution in [3.05, 3.63) is 0 Å². The Labute approximate surface area is 165 Å². The molecule has 6 N–H and O–H groups in total. The van der Waals surface area contributed by atoms with Gasteiger partial charge in [0.05, 0.1) is 6.61 Å². The molecular formula is C16H26O13. The van der Waals surface area contributed by atoms with E-state index in [1.165, 1.54) is 0 Å². The first-order valence-corrected chi connectivity index (χ1v) is 8.82. The summed E-state index contributed by atoms with van der Waals surface area (Å²) < 4.78 is 25.6. The van der Waals surface area contributed by atoms with Gasteiger partial charge in [-0.3, -0.25) is 9.59 Å². The monoisotopic (exact) mass is 426 g/mol. The molecule has 13 heteroatoms. The molecule has 2 rings (SSSR count). The quantitative estimate of drug-likeness (QED) is 0.214. The summed E-state index contributed by atoms with van der Waals surface area (Å²) in [6.07, 6.45) is -12.8. The van der Waals surface area contributed by atoms with Crippen LogP contribution in [0.2, 0.25) is 0 Å². The maximum atomic E-state index is 11.3. The van der Waals surface area contributed by atoms with Crippen molar-refractivity contribution >= 4 is 11.9 Å². The normalized spacial score (nSPS) is 42.5. The molecule has 0 aliphatic carbocycles. The largest absolute Gasteiger partial charge is 0.463 e. The van der Waals surface area contributed by atoms with Gasteiger partial charge in [-0.1, -0.05) is 0 Å². The first kappa shape index (κ1) is 23.9. The smallest absolute Gasteiger partial charge is 0.303 e. The Kier molecular flexibility index (Phi) is 7.89. The third-order valence-corrected chi connectivity index (χ3v) is 4.62. The van der Waals surface area contributed by atoms with E-state index in [0.29, 0.717) is 0 Å². The molecule has 2 aliphatic heterocycles. The zero-order chi connectivity index (χ0) is 21.9. The summed E-state index contributed by atoms with van der Waals surface area (Å²) in [5.74, 6) is -3.82. The Bertz CT molecular complexity index is 585. The molecule has 2 fully saturated rings. The molecule has 0 aromatic rings. The molecule has 0 aromatic heterocycles. The third kappa shape index (κ3) is 5.02. The zero-order valence-corrected chi connectivity index (χ0v) is 15.8. The minimum Gasteiger partial charge on any atom is -0.463 e. The fraction of sp³-hybridized carbons (Fsp3) is 0.875. The van der Waals surface area contributed by atoms with Crippen LogP contribution in [0.25, 0.3) is 0 Å². The Balaban J connectivity index is 2.21. The molecule has 0 radical (unpaired) electrons. The van der Waals surface area contributed by atoms with Crippen LogP contribution >= 0.6 is 0 Å². The van der Waals surface area contributed by atoms with Crippen LogP contribution in [0.3, 0.4) is 0 Å². The standard InChI is InChI=1S/C16H26O13/c1-6(19)25-4-9-11(22)14(24)16(5-18,28-9)29-15-12(23)13(26-7(2)20)10(21)8(3-17)27-15/h8-15,17-18,21-24H,3-5H2,1-2H3/t8-,9-,10-,11-,12-,13+,14+,15?,16?/m1/s1. The van der Waals surface area contributed by atoms with Gasteiger partial charge in [0, 0.05) is 13.8 Å². The average molecular weight is 426 g/mol. The highest BCUT2D eigenvalue weighted by Gasteiger charge is 2.59. The van der Waals surface area contributed by atoms with Crippen molar-refractivity contribution in [2.24, 2.45) is 0 Å². The van der Waals surface area contributed by atoms with Crippen LogP contribution in [0, 0.1) is 0 Å². The molecule has 9 atom stereocenters. The number of aliphatic hydroxyl groups is 6. The van der Waals surface area contributed by atoms with Gasteiger partial charge < -0.3 is 54.3 Å². The van der Waals surface area contributed by atoms with Gasteiger partial charge in [0.1, 0.15) is 49.8 Å². The van der Waals surface area contributed by atoms with Crippen molar-refractivity contribution in [1.29, 1.82) is 0 Å². The van der Waals surface area contributed by atoms with Crippen molar-refractivity contribution in [1.82, 2.24) is 0 Å². The molecule has 13 nitrogen and oxygen atoms in total. The average Bonchev–Trinajstić information content (AvgIpc) is 2.90. The van der Waals surface area contributed by atoms with Crippen LogP contribution in [0.1, 0.15) is 13.8 Å². The lowest BCUT2D eigenvalue weighted by molar-refractivity contribution is -0.383. The number of hydrogen-bond acceptors (Lipinski definition) is 13. The minimum absolute atomic E-state index is 0.458. The maximum absolute atomic E-state index is 11.3. The predicted molar refractivity (Wildman–Crippen MR) is 87.7 cm³/mol. The molecule has 29 heavy (non-hydrogen) atoms. The van der Waals surface area contributed by atoms with Crippen LogP contribution in [-0.2, 0) is 33.3 Å². The number of carbonyl (C=O) groups excluding carboxylic acids is 2. The number of carbonyl (C=O) groups is 2. The SMILES string of the molecule is CC(=O)OC[C@H]1OC(CO)(OC2O[C@H](CO)[C@@H](O)[C@H](OC(C)=O)[C@H]2O)[C@@H](O)[C@@H]1O. The minimum atomic E-state index is -2.31. The summed E-state index contributed by atoms with van der Waals surface area (Å²) in [6.45, 7) is -0.0540. The van der Waals surface area contributed by atoms with Crippen molar-refractivity contribution in [3.63, 3.8) is 0 Å². The number of aliphatic hydroxyl groups excluding tert-OH is 6. The lowest BCUT2D eigenvalue weighted by Crippen LogP contribution is -2.63. The molecule has 2 heterocycles. The van der Waals surface area contributed by atoms with Crippen LogP contribution in [0.5, 0.6) is 0 Å². The molecule has 0 amide bonds. The summed E-state index contributed by atoms with van der Waals surface area (Å²) >= 11 is 0. The van der Waals surface area contributed by atoms with Crippen molar-refractivity contribution < 1.29 is 63.9 Å². The van der Waals surface area contributed by atoms with Gasteiger partial charge in [-0.25, -0.2) is 0 Å². The van der Waals surface area contributed by atoms with Crippen LogP contribution in [0.15, 0.2) is 0 Å². The van der Waals surface area contributed by atoms with E-state index in [2.05, 4.69) is 0 Å². The number of hydrogen-bond donors (Lipinski definition) is 6. The Morgan fingerprint density at radius 1 is 0.966 bits per heavy atom. The number of esters is 2. The van der Waals surface area contributed by atoms with Crippen LogP contribution in [0.4, 0.5) is 0 Å². The molecular weight excluding hydrogens is 400 g/mol. The van der Waals surface area contributed by atoms with Crippen LogP contribution < -0.4 is 0 Å². The maximum Gasteiger partial charge on any atom is 0.303 e. The number of rotatable bonds is 7. The summed E-state index contributed by atoms with van der Waals surface area (Å²) in [7, 11) is 0. The lowest BCUT2D eigenvalue weighted by atomic mass is 9.98. The van der Waals surface area contributed by atoms with Crippen molar-refractivity contribution in [3.8, 4) is 0 Å². The highest BCUT2D eigenvalue weighted by molar-refractivity contribution is 5.66.